The molecule has 1 aromatic heterocycles. The molecule has 7 heteroatoms. The second-order valence-corrected chi connectivity index (χ2v) is 5.01. The second-order valence-electron chi connectivity index (χ2n) is 5.01. The molecule has 1 aliphatic rings. The Morgan fingerprint density at radius 1 is 1.35 bits per heavy atom. The van der Waals surface area contributed by atoms with Crippen molar-refractivity contribution in [3.63, 3.8) is 0 Å². The van der Waals surface area contributed by atoms with Gasteiger partial charge in [0.2, 0.25) is 5.91 Å². The smallest absolute Gasteiger partial charge is 0.271 e. The normalized spacial score (nSPS) is 14.1. The molecule has 1 aliphatic carbocycles. The number of nitrogens with one attached hydrogen (secondary N) is 2. The molecule has 20 heavy (non-hydrogen) atoms. The van der Waals surface area contributed by atoms with Gasteiger partial charge in [-0.3, -0.25) is 14.3 Å². The molecule has 0 spiro atoms. The van der Waals surface area contributed by atoms with Gasteiger partial charge < -0.3 is 16.4 Å². The van der Waals surface area contributed by atoms with Crippen LogP contribution in [0, 0.1) is 5.92 Å². The van der Waals surface area contributed by atoms with Gasteiger partial charge in [0.05, 0.1) is 11.4 Å². The lowest BCUT2D eigenvalue weighted by atomic mass is 10.2. The maximum absolute atomic E-state index is 12.0. The van der Waals surface area contributed by atoms with E-state index in [9.17, 15) is 9.59 Å². The zero-order valence-electron chi connectivity index (χ0n) is 11.9. The molecule has 1 heterocycles. The van der Waals surface area contributed by atoms with Gasteiger partial charge in [0.25, 0.3) is 5.91 Å². The number of hydrogen-bond acceptors (Lipinski definition) is 4. The Hall–Kier alpha value is -2.05. The van der Waals surface area contributed by atoms with Gasteiger partial charge in [-0.25, -0.2) is 0 Å². The van der Waals surface area contributed by atoms with Gasteiger partial charge in [-0.15, -0.1) is 0 Å². The number of aryl methyl sites for hydroxylation is 2. The van der Waals surface area contributed by atoms with Crippen LogP contribution in [0.25, 0.3) is 0 Å². The molecule has 110 valence electrons. The Kier molecular flexibility index (Phi) is 4.26. The van der Waals surface area contributed by atoms with E-state index in [0.29, 0.717) is 30.9 Å². The fourth-order valence-electron chi connectivity index (χ4n) is 2.06. The summed E-state index contributed by atoms with van der Waals surface area (Å²) in [6.45, 7) is 2.75. The number of nitrogens with two attached hydrogens (primary N) is 1. The predicted molar refractivity (Wildman–Crippen MR) is 75.1 cm³/mol. The fraction of sp³-hybridized carbons (Fsp3) is 0.615. The van der Waals surface area contributed by atoms with Gasteiger partial charge in [0, 0.05) is 26.1 Å². The van der Waals surface area contributed by atoms with Crippen molar-refractivity contribution in [2.75, 3.05) is 18.8 Å². The third kappa shape index (κ3) is 3.09. The van der Waals surface area contributed by atoms with Gasteiger partial charge in [-0.05, 0) is 19.3 Å². The highest BCUT2D eigenvalue weighted by Gasteiger charge is 2.29. The number of anilines is 1. The van der Waals surface area contributed by atoms with Crippen LogP contribution in [0.5, 0.6) is 0 Å². The highest BCUT2D eigenvalue weighted by atomic mass is 16.2. The monoisotopic (exact) mass is 279 g/mol. The summed E-state index contributed by atoms with van der Waals surface area (Å²) < 4.78 is 1.49. The summed E-state index contributed by atoms with van der Waals surface area (Å²) in [4.78, 5) is 23.5. The molecule has 0 aromatic carbocycles. The molecular formula is C13H21N5O2. The van der Waals surface area contributed by atoms with Crippen LogP contribution < -0.4 is 16.4 Å². The fourth-order valence-corrected chi connectivity index (χ4v) is 2.06. The first-order valence-corrected chi connectivity index (χ1v) is 6.91. The minimum atomic E-state index is -0.266. The first kappa shape index (κ1) is 14.4. The molecule has 0 unspecified atom stereocenters. The third-order valence-electron chi connectivity index (χ3n) is 3.37. The summed E-state index contributed by atoms with van der Waals surface area (Å²) in [6, 6.07) is 0. The molecule has 0 saturated heterocycles. The van der Waals surface area contributed by atoms with Crippen LogP contribution in [0.15, 0.2) is 0 Å². The van der Waals surface area contributed by atoms with Crippen molar-refractivity contribution in [2.45, 2.75) is 26.2 Å². The Morgan fingerprint density at radius 3 is 2.55 bits per heavy atom. The largest absolute Gasteiger partial charge is 0.395 e. The van der Waals surface area contributed by atoms with E-state index in [1.54, 1.807) is 7.05 Å². The van der Waals surface area contributed by atoms with E-state index in [-0.39, 0.29) is 17.7 Å². The van der Waals surface area contributed by atoms with Gasteiger partial charge in [-0.2, -0.15) is 5.10 Å². The summed E-state index contributed by atoms with van der Waals surface area (Å²) in [5, 5.41) is 9.73. The number of nitrogens with zero attached hydrogens (tertiary/aromatic N) is 2. The molecule has 4 N–H and O–H groups in total. The summed E-state index contributed by atoms with van der Waals surface area (Å²) >= 11 is 0. The SMILES string of the molecule is CCc1nn(C)c(C(=O)NCCNC(=O)C2CC2)c1N. The molecule has 0 atom stereocenters. The van der Waals surface area contributed by atoms with Crippen molar-refractivity contribution >= 4 is 17.5 Å². The topological polar surface area (TPSA) is 102 Å². The van der Waals surface area contributed by atoms with Gasteiger partial charge >= 0.3 is 0 Å². The summed E-state index contributed by atoms with van der Waals surface area (Å²) in [7, 11) is 1.69. The van der Waals surface area contributed by atoms with Crippen molar-refractivity contribution in [1.82, 2.24) is 20.4 Å². The standard InChI is InChI=1S/C13H21N5O2/c1-3-9-10(14)11(18(2)17-9)13(20)16-7-6-15-12(19)8-4-5-8/h8H,3-7,14H2,1-2H3,(H,15,19)(H,16,20). The lowest BCUT2D eigenvalue weighted by Gasteiger charge is -2.07. The van der Waals surface area contributed by atoms with Crippen LogP contribution >= 0.6 is 0 Å². The summed E-state index contributed by atoms with van der Waals surface area (Å²) in [6.07, 6.45) is 2.64. The number of rotatable bonds is 6. The molecule has 0 radical (unpaired) electrons. The zero-order chi connectivity index (χ0) is 14.7. The third-order valence-corrected chi connectivity index (χ3v) is 3.37. The Labute approximate surface area is 117 Å². The van der Waals surface area contributed by atoms with Gasteiger partial charge in [0.15, 0.2) is 0 Å². The lowest BCUT2D eigenvalue weighted by Crippen LogP contribution is -2.36. The molecule has 0 aliphatic heterocycles. The number of carbonyl (C=O) groups excluding carboxylic acids is 2. The first-order chi connectivity index (χ1) is 9.54. The Bertz CT molecular complexity index is 519. The predicted octanol–water partition coefficient (Wildman–Crippen LogP) is -0.179. The van der Waals surface area contributed by atoms with E-state index >= 15 is 0 Å². The number of carbonyl (C=O) groups is 2. The minimum absolute atomic E-state index is 0.0764. The molecular weight excluding hydrogens is 258 g/mol. The number of hydrogen-bond donors (Lipinski definition) is 3. The quantitative estimate of drug-likeness (QED) is 0.629. The van der Waals surface area contributed by atoms with Crippen LogP contribution in [0.3, 0.4) is 0 Å². The first-order valence-electron chi connectivity index (χ1n) is 6.91. The molecule has 1 fully saturated rings. The van der Waals surface area contributed by atoms with E-state index in [0.717, 1.165) is 18.5 Å². The van der Waals surface area contributed by atoms with E-state index in [2.05, 4.69) is 15.7 Å². The van der Waals surface area contributed by atoms with E-state index in [1.807, 2.05) is 6.92 Å². The number of amides is 2. The minimum Gasteiger partial charge on any atom is -0.395 e. The van der Waals surface area contributed by atoms with Crippen LogP contribution in [0.1, 0.15) is 35.9 Å². The van der Waals surface area contributed by atoms with Crippen molar-refractivity contribution in [3.05, 3.63) is 11.4 Å². The summed E-state index contributed by atoms with van der Waals surface area (Å²) in [5.74, 6) is -0.00373. The number of nitrogen functional groups attached to an aromatic ring is 1. The van der Waals surface area contributed by atoms with Gasteiger partial charge in [-0.1, -0.05) is 6.92 Å². The Balaban J connectivity index is 1.82. The van der Waals surface area contributed by atoms with E-state index in [4.69, 9.17) is 5.73 Å². The molecule has 7 nitrogen and oxygen atoms in total. The highest BCUT2D eigenvalue weighted by molar-refractivity contribution is 5.98. The van der Waals surface area contributed by atoms with Crippen LogP contribution in [0.4, 0.5) is 5.69 Å². The van der Waals surface area contributed by atoms with Gasteiger partial charge in [0.1, 0.15) is 5.69 Å². The van der Waals surface area contributed by atoms with Crippen LogP contribution in [0.2, 0.25) is 0 Å². The lowest BCUT2D eigenvalue weighted by molar-refractivity contribution is -0.122. The zero-order valence-corrected chi connectivity index (χ0v) is 11.9. The average Bonchev–Trinajstić information content (AvgIpc) is 3.21. The average molecular weight is 279 g/mol. The highest BCUT2D eigenvalue weighted by Crippen LogP contribution is 2.28. The van der Waals surface area contributed by atoms with E-state index < -0.39 is 0 Å². The van der Waals surface area contributed by atoms with E-state index in [1.165, 1.54) is 4.68 Å². The molecule has 0 bridgehead atoms. The molecule has 2 rings (SSSR count). The Morgan fingerprint density at radius 2 is 2.00 bits per heavy atom. The summed E-state index contributed by atoms with van der Waals surface area (Å²) in [5.41, 5.74) is 7.42. The van der Waals surface area contributed by atoms with Crippen molar-refractivity contribution in [1.29, 1.82) is 0 Å². The van der Waals surface area contributed by atoms with Crippen molar-refractivity contribution in [3.8, 4) is 0 Å². The maximum Gasteiger partial charge on any atom is 0.271 e. The molecule has 1 saturated carbocycles. The second kappa shape index (κ2) is 5.94. The van der Waals surface area contributed by atoms with Crippen molar-refractivity contribution in [2.24, 2.45) is 13.0 Å². The van der Waals surface area contributed by atoms with Crippen LogP contribution in [-0.2, 0) is 18.3 Å². The van der Waals surface area contributed by atoms with Crippen LogP contribution in [-0.4, -0.2) is 34.7 Å². The number of aromatic nitrogens is 2. The molecule has 1 aromatic rings. The maximum atomic E-state index is 12.0. The molecule has 2 amide bonds. The van der Waals surface area contributed by atoms with Crippen molar-refractivity contribution < 1.29 is 9.59 Å².